The molecule has 1 aliphatic rings. The summed E-state index contributed by atoms with van der Waals surface area (Å²) in [6.07, 6.45) is 8.53. The molecule has 0 saturated carbocycles. The maximum atomic E-state index is 12.1. The maximum absolute atomic E-state index is 12.1. The molecular weight excluding hydrogens is 318 g/mol. The summed E-state index contributed by atoms with van der Waals surface area (Å²) in [6, 6.07) is 0.225. The van der Waals surface area contributed by atoms with E-state index in [4.69, 9.17) is 4.42 Å². The summed E-state index contributed by atoms with van der Waals surface area (Å²) in [7, 11) is 1.94. The molecule has 1 fully saturated rings. The Bertz CT molecular complexity index is 708. The highest BCUT2D eigenvalue weighted by molar-refractivity contribution is 5.73. The van der Waals surface area contributed by atoms with Gasteiger partial charge in [0.15, 0.2) is 0 Å². The molecule has 1 amide bonds. The van der Waals surface area contributed by atoms with Gasteiger partial charge in [-0.3, -0.25) is 9.48 Å². The zero-order chi connectivity index (χ0) is 17.8. The third kappa shape index (κ3) is 4.48. The fourth-order valence-corrected chi connectivity index (χ4v) is 3.39. The number of aromatic nitrogens is 3. The van der Waals surface area contributed by atoms with E-state index in [1.165, 1.54) is 5.56 Å². The summed E-state index contributed by atoms with van der Waals surface area (Å²) in [5.74, 6) is 1.57. The second-order valence-electron chi connectivity index (χ2n) is 6.74. The van der Waals surface area contributed by atoms with Gasteiger partial charge < -0.3 is 14.2 Å². The molecule has 1 saturated heterocycles. The number of oxazole rings is 1. The van der Waals surface area contributed by atoms with E-state index in [-0.39, 0.29) is 11.9 Å². The topological polar surface area (TPSA) is 67.4 Å². The first-order chi connectivity index (χ1) is 12.0. The molecule has 3 rings (SSSR count). The monoisotopic (exact) mass is 345 g/mol. The molecular formula is C18H27N5O2. The molecule has 0 bridgehead atoms. The average Bonchev–Trinajstić information content (AvgIpc) is 3.31. The van der Waals surface area contributed by atoms with Gasteiger partial charge in [0.2, 0.25) is 11.8 Å². The maximum Gasteiger partial charge on any atom is 0.220 e. The van der Waals surface area contributed by atoms with Crippen molar-refractivity contribution in [1.82, 2.24) is 24.6 Å². The van der Waals surface area contributed by atoms with Crippen LogP contribution in [0.3, 0.4) is 0 Å². The van der Waals surface area contributed by atoms with Crippen molar-refractivity contribution >= 4 is 5.91 Å². The molecule has 0 unspecified atom stereocenters. The summed E-state index contributed by atoms with van der Waals surface area (Å²) in [6.45, 7) is 7.02. The van der Waals surface area contributed by atoms with Crippen LogP contribution in [0.1, 0.15) is 37.5 Å². The van der Waals surface area contributed by atoms with Crippen molar-refractivity contribution in [2.24, 2.45) is 7.05 Å². The standard InChI is InChI=1S/C18H27N5O2/c1-4-17-10-19-18(25-17)13-23(14(2)24)16-6-8-22(12-16)7-5-15-9-20-21(3)11-15/h9-11,16H,4-8,12-13H2,1-3H3/t16-/m0/s1. The molecule has 2 aromatic heterocycles. The second kappa shape index (κ2) is 7.82. The first kappa shape index (κ1) is 17.7. The van der Waals surface area contributed by atoms with Crippen LogP contribution in [0, 0.1) is 0 Å². The smallest absolute Gasteiger partial charge is 0.220 e. The number of rotatable bonds is 7. The molecule has 0 aliphatic carbocycles. The zero-order valence-electron chi connectivity index (χ0n) is 15.3. The van der Waals surface area contributed by atoms with Crippen LogP contribution in [0.25, 0.3) is 0 Å². The first-order valence-electron chi connectivity index (χ1n) is 8.95. The van der Waals surface area contributed by atoms with E-state index >= 15 is 0 Å². The summed E-state index contributed by atoms with van der Waals surface area (Å²) in [5, 5.41) is 4.21. The fourth-order valence-electron chi connectivity index (χ4n) is 3.39. The van der Waals surface area contributed by atoms with E-state index < -0.39 is 0 Å². The predicted molar refractivity (Wildman–Crippen MR) is 93.9 cm³/mol. The molecule has 136 valence electrons. The quantitative estimate of drug-likeness (QED) is 0.763. The Morgan fingerprint density at radius 3 is 2.92 bits per heavy atom. The molecule has 0 N–H and O–H groups in total. The van der Waals surface area contributed by atoms with E-state index in [2.05, 4.69) is 21.2 Å². The number of amides is 1. The molecule has 1 atom stereocenters. The highest BCUT2D eigenvalue weighted by Crippen LogP contribution is 2.19. The van der Waals surface area contributed by atoms with Gasteiger partial charge in [-0.1, -0.05) is 6.92 Å². The molecule has 25 heavy (non-hydrogen) atoms. The Labute approximate surface area is 148 Å². The lowest BCUT2D eigenvalue weighted by Gasteiger charge is -2.27. The van der Waals surface area contributed by atoms with E-state index in [0.29, 0.717) is 12.4 Å². The lowest BCUT2D eigenvalue weighted by Crippen LogP contribution is -2.40. The minimum Gasteiger partial charge on any atom is -0.444 e. The van der Waals surface area contributed by atoms with Gasteiger partial charge >= 0.3 is 0 Å². The van der Waals surface area contributed by atoms with Crippen LogP contribution in [0.4, 0.5) is 0 Å². The second-order valence-corrected chi connectivity index (χ2v) is 6.74. The number of hydrogen-bond donors (Lipinski definition) is 0. The number of likely N-dealkylation sites (tertiary alicyclic amines) is 1. The van der Waals surface area contributed by atoms with Gasteiger partial charge in [-0.25, -0.2) is 4.98 Å². The highest BCUT2D eigenvalue weighted by atomic mass is 16.4. The van der Waals surface area contributed by atoms with Crippen molar-refractivity contribution in [2.45, 2.75) is 45.7 Å². The summed E-state index contributed by atoms with van der Waals surface area (Å²) >= 11 is 0. The van der Waals surface area contributed by atoms with Crippen LogP contribution in [0.15, 0.2) is 23.0 Å². The number of nitrogens with zero attached hydrogens (tertiary/aromatic N) is 5. The average molecular weight is 345 g/mol. The van der Waals surface area contributed by atoms with E-state index in [1.54, 1.807) is 13.1 Å². The first-order valence-corrected chi connectivity index (χ1v) is 8.95. The largest absolute Gasteiger partial charge is 0.444 e. The molecule has 0 aromatic carbocycles. The SMILES string of the molecule is CCc1cnc(CN(C(C)=O)[C@H]2CCN(CCc3cnn(C)c3)C2)o1. The predicted octanol–water partition coefficient (Wildman–Crippen LogP) is 1.64. The van der Waals surface area contributed by atoms with Crippen molar-refractivity contribution in [3.63, 3.8) is 0 Å². The minimum absolute atomic E-state index is 0.0790. The van der Waals surface area contributed by atoms with Crippen molar-refractivity contribution < 1.29 is 9.21 Å². The lowest BCUT2D eigenvalue weighted by atomic mass is 10.2. The van der Waals surface area contributed by atoms with Gasteiger partial charge in [0, 0.05) is 52.3 Å². The van der Waals surface area contributed by atoms with Crippen LogP contribution in [-0.4, -0.2) is 56.1 Å². The van der Waals surface area contributed by atoms with Crippen molar-refractivity contribution in [2.75, 3.05) is 19.6 Å². The Balaban J connectivity index is 1.54. The summed E-state index contributed by atoms with van der Waals surface area (Å²) in [5.41, 5.74) is 1.25. The Morgan fingerprint density at radius 2 is 2.28 bits per heavy atom. The van der Waals surface area contributed by atoms with Crippen LogP contribution < -0.4 is 0 Å². The zero-order valence-corrected chi connectivity index (χ0v) is 15.3. The van der Waals surface area contributed by atoms with Crippen LogP contribution >= 0.6 is 0 Å². The van der Waals surface area contributed by atoms with Gasteiger partial charge in [-0.05, 0) is 18.4 Å². The molecule has 1 aliphatic heterocycles. The van der Waals surface area contributed by atoms with Gasteiger partial charge in [0.25, 0.3) is 0 Å². The molecule has 7 nitrogen and oxygen atoms in total. The van der Waals surface area contributed by atoms with Crippen LogP contribution in [0.5, 0.6) is 0 Å². The highest BCUT2D eigenvalue weighted by Gasteiger charge is 2.30. The van der Waals surface area contributed by atoms with E-state index in [0.717, 1.165) is 44.7 Å². The van der Waals surface area contributed by atoms with Crippen LogP contribution in [-0.2, 0) is 31.2 Å². The Morgan fingerprint density at radius 1 is 1.44 bits per heavy atom. The third-order valence-electron chi connectivity index (χ3n) is 4.82. The molecule has 3 heterocycles. The normalized spacial score (nSPS) is 18.0. The van der Waals surface area contributed by atoms with E-state index in [1.807, 2.05) is 29.7 Å². The fraction of sp³-hybridized carbons (Fsp3) is 0.611. The van der Waals surface area contributed by atoms with E-state index in [9.17, 15) is 4.79 Å². The van der Waals surface area contributed by atoms with Crippen molar-refractivity contribution in [3.05, 3.63) is 35.8 Å². The lowest BCUT2D eigenvalue weighted by molar-refractivity contribution is -0.132. The molecule has 0 radical (unpaired) electrons. The minimum atomic E-state index is 0.0790. The van der Waals surface area contributed by atoms with Gasteiger partial charge in [-0.15, -0.1) is 0 Å². The molecule has 7 heteroatoms. The van der Waals surface area contributed by atoms with Crippen LogP contribution in [0.2, 0.25) is 0 Å². The number of hydrogen-bond acceptors (Lipinski definition) is 5. The summed E-state index contributed by atoms with van der Waals surface area (Å²) in [4.78, 5) is 20.7. The Kier molecular flexibility index (Phi) is 5.53. The van der Waals surface area contributed by atoms with Crippen molar-refractivity contribution in [3.8, 4) is 0 Å². The van der Waals surface area contributed by atoms with Gasteiger partial charge in [-0.2, -0.15) is 5.10 Å². The van der Waals surface area contributed by atoms with Gasteiger partial charge in [0.1, 0.15) is 5.76 Å². The van der Waals surface area contributed by atoms with Gasteiger partial charge in [0.05, 0.1) is 18.9 Å². The number of aryl methyl sites for hydroxylation is 2. The molecule has 0 spiro atoms. The number of carbonyl (C=O) groups is 1. The summed E-state index contributed by atoms with van der Waals surface area (Å²) < 4.78 is 7.51. The van der Waals surface area contributed by atoms with Crippen molar-refractivity contribution in [1.29, 1.82) is 0 Å². The third-order valence-corrected chi connectivity index (χ3v) is 4.82. The Hall–Kier alpha value is -2.15. The molecule has 2 aromatic rings. The number of carbonyl (C=O) groups excluding carboxylic acids is 1.